The van der Waals surface area contributed by atoms with E-state index in [1.54, 1.807) is 11.2 Å². The summed E-state index contributed by atoms with van der Waals surface area (Å²) in [5, 5.41) is 5.95. The van der Waals surface area contributed by atoms with Crippen LogP contribution in [0, 0.1) is 6.08 Å². The number of hydrogen-bond donors (Lipinski definition) is 1. The minimum absolute atomic E-state index is 0.0765. The number of hydrogen-bond acceptors (Lipinski definition) is 3. The fourth-order valence-electron chi connectivity index (χ4n) is 1.76. The molecule has 1 fully saturated rings. The lowest BCUT2D eigenvalue weighted by atomic mass is 10.1. The summed E-state index contributed by atoms with van der Waals surface area (Å²) in [6.45, 7) is 0. The maximum atomic E-state index is 6.15. The first-order valence-corrected chi connectivity index (χ1v) is 5.08. The third kappa shape index (κ3) is 1.42. The monoisotopic (exact) mass is 198 g/mol. The van der Waals surface area contributed by atoms with Crippen molar-refractivity contribution in [1.82, 2.24) is 0 Å². The van der Waals surface area contributed by atoms with Gasteiger partial charge in [-0.15, -0.1) is 5.10 Å². The highest BCUT2D eigenvalue weighted by atomic mass is 15.4. The number of anilines is 1. The van der Waals surface area contributed by atoms with Crippen molar-refractivity contribution in [2.45, 2.75) is 18.4 Å². The van der Waals surface area contributed by atoms with Crippen molar-refractivity contribution in [3.63, 3.8) is 0 Å². The van der Waals surface area contributed by atoms with Gasteiger partial charge in [0.15, 0.2) is 0 Å². The molecule has 1 aromatic rings. The van der Waals surface area contributed by atoms with Gasteiger partial charge in [-0.1, -0.05) is 12.1 Å². The summed E-state index contributed by atoms with van der Waals surface area (Å²) in [6, 6.07) is 8.24. The van der Waals surface area contributed by atoms with Crippen molar-refractivity contribution in [2.24, 2.45) is 10.8 Å². The minimum atomic E-state index is -0.0765. The first-order chi connectivity index (χ1) is 7.28. The van der Waals surface area contributed by atoms with Gasteiger partial charge in [0.2, 0.25) is 0 Å². The summed E-state index contributed by atoms with van der Waals surface area (Å²) in [4.78, 5) is 0. The molecule has 2 N–H and O–H groups in total. The van der Waals surface area contributed by atoms with Crippen LogP contribution in [0.1, 0.15) is 18.4 Å². The fraction of sp³-hybridized carbons (Fsp3) is 0.250. The molecule has 3 rings (SSSR count). The van der Waals surface area contributed by atoms with Crippen LogP contribution in [0.15, 0.2) is 35.6 Å². The van der Waals surface area contributed by atoms with Gasteiger partial charge in [-0.25, -0.2) is 0 Å². The zero-order chi connectivity index (χ0) is 10.3. The normalized spacial score (nSPS) is 20.5. The van der Waals surface area contributed by atoms with Crippen LogP contribution in [0.25, 0.3) is 0 Å². The Bertz CT molecular complexity index is 432. The lowest BCUT2D eigenvalue weighted by Crippen LogP contribution is -2.19. The first kappa shape index (κ1) is 8.60. The van der Waals surface area contributed by atoms with Crippen LogP contribution >= 0.6 is 0 Å². The molecule has 0 unspecified atom stereocenters. The summed E-state index contributed by atoms with van der Waals surface area (Å²) in [5.74, 6) is 0. The highest BCUT2D eigenvalue weighted by molar-refractivity contribution is 5.73. The molecular weight excluding hydrogens is 186 g/mol. The molecule has 0 spiro atoms. The SMILES string of the molecule is NC1(c2cccc(N3C=[C+]C=N3)c2)CC1. The predicted molar refractivity (Wildman–Crippen MR) is 60.3 cm³/mol. The molecular formula is C12H12N3+. The maximum absolute atomic E-state index is 6.15. The van der Waals surface area contributed by atoms with E-state index in [1.807, 2.05) is 18.3 Å². The van der Waals surface area contributed by atoms with E-state index < -0.39 is 0 Å². The summed E-state index contributed by atoms with van der Waals surface area (Å²) in [6.07, 6.45) is 8.56. The number of benzene rings is 1. The molecule has 3 heteroatoms. The second kappa shape index (κ2) is 2.89. The van der Waals surface area contributed by atoms with Crippen LogP contribution in [0.3, 0.4) is 0 Å². The van der Waals surface area contributed by atoms with E-state index in [-0.39, 0.29) is 5.54 Å². The minimum Gasteiger partial charge on any atom is -0.321 e. The lowest BCUT2D eigenvalue weighted by molar-refractivity contribution is 0.740. The van der Waals surface area contributed by atoms with Crippen molar-refractivity contribution in [3.05, 3.63) is 42.1 Å². The molecule has 1 aliphatic carbocycles. The standard InChI is InChI=1S/C12H12N3/c13-12(5-6-12)10-3-1-4-11(9-10)15-8-2-7-14-15/h1,3-4,7-9H,5-6,13H2/q+1. The first-order valence-electron chi connectivity index (χ1n) is 5.08. The Balaban J connectivity index is 1.96. The molecule has 1 aromatic carbocycles. The van der Waals surface area contributed by atoms with Crippen molar-refractivity contribution in [2.75, 3.05) is 5.01 Å². The zero-order valence-electron chi connectivity index (χ0n) is 8.35. The van der Waals surface area contributed by atoms with E-state index in [0.717, 1.165) is 18.5 Å². The van der Waals surface area contributed by atoms with Gasteiger partial charge >= 0.3 is 6.08 Å². The van der Waals surface area contributed by atoms with Crippen LogP contribution < -0.4 is 10.7 Å². The van der Waals surface area contributed by atoms with Crippen LogP contribution in [-0.4, -0.2) is 6.21 Å². The molecule has 2 aliphatic rings. The highest BCUT2D eigenvalue weighted by Gasteiger charge is 2.40. The van der Waals surface area contributed by atoms with Gasteiger partial charge in [-0.2, -0.15) is 5.01 Å². The van der Waals surface area contributed by atoms with E-state index in [9.17, 15) is 0 Å². The van der Waals surface area contributed by atoms with Crippen LogP contribution in [0.4, 0.5) is 5.69 Å². The molecule has 1 aliphatic heterocycles. The molecule has 0 atom stereocenters. The molecule has 15 heavy (non-hydrogen) atoms. The Kier molecular flexibility index (Phi) is 1.66. The Morgan fingerprint density at radius 1 is 1.40 bits per heavy atom. The largest absolute Gasteiger partial charge is 0.321 e. The van der Waals surface area contributed by atoms with Gasteiger partial charge in [0.25, 0.3) is 12.4 Å². The Morgan fingerprint density at radius 3 is 2.93 bits per heavy atom. The van der Waals surface area contributed by atoms with Crippen LogP contribution in [0.2, 0.25) is 0 Å². The molecule has 74 valence electrons. The number of nitrogens with zero attached hydrogens (tertiary/aromatic N) is 2. The van der Waals surface area contributed by atoms with E-state index in [2.05, 4.69) is 23.3 Å². The Labute approximate surface area is 88.9 Å². The topological polar surface area (TPSA) is 41.6 Å². The average molecular weight is 198 g/mol. The van der Waals surface area contributed by atoms with Crippen LogP contribution in [0.5, 0.6) is 0 Å². The van der Waals surface area contributed by atoms with Crippen molar-refractivity contribution < 1.29 is 0 Å². The summed E-state index contributed by atoms with van der Waals surface area (Å²) < 4.78 is 0. The van der Waals surface area contributed by atoms with Gasteiger partial charge < -0.3 is 5.73 Å². The van der Waals surface area contributed by atoms with Crippen LogP contribution in [-0.2, 0) is 5.54 Å². The molecule has 0 bridgehead atoms. The number of nitrogens with two attached hydrogens (primary N) is 1. The Hall–Kier alpha value is -1.70. The Morgan fingerprint density at radius 2 is 2.27 bits per heavy atom. The molecule has 0 saturated heterocycles. The smallest absolute Gasteiger partial charge is 0.303 e. The lowest BCUT2D eigenvalue weighted by Gasteiger charge is -2.12. The van der Waals surface area contributed by atoms with E-state index in [1.165, 1.54) is 5.56 Å². The number of hydrazone groups is 1. The second-order valence-electron chi connectivity index (χ2n) is 4.09. The van der Waals surface area contributed by atoms with Gasteiger partial charge in [0, 0.05) is 5.54 Å². The summed E-state index contributed by atoms with van der Waals surface area (Å²) >= 11 is 0. The molecule has 1 heterocycles. The molecule has 0 aromatic heterocycles. The highest BCUT2D eigenvalue weighted by Crippen LogP contribution is 2.43. The fourth-order valence-corrected chi connectivity index (χ4v) is 1.76. The molecule has 0 amide bonds. The number of rotatable bonds is 2. The second-order valence-corrected chi connectivity index (χ2v) is 4.09. The molecule has 1 saturated carbocycles. The predicted octanol–water partition coefficient (Wildman–Crippen LogP) is 1.76. The van der Waals surface area contributed by atoms with E-state index in [4.69, 9.17) is 5.73 Å². The average Bonchev–Trinajstić information content (AvgIpc) is 2.84. The van der Waals surface area contributed by atoms with Gasteiger partial charge in [-0.3, -0.25) is 0 Å². The van der Waals surface area contributed by atoms with Gasteiger partial charge in [0.1, 0.15) is 0 Å². The third-order valence-corrected chi connectivity index (χ3v) is 2.93. The quantitative estimate of drug-likeness (QED) is 0.736. The van der Waals surface area contributed by atoms with Crippen molar-refractivity contribution in [3.8, 4) is 0 Å². The van der Waals surface area contributed by atoms with Gasteiger partial charge in [-0.05, 0) is 30.5 Å². The summed E-state index contributed by atoms with van der Waals surface area (Å²) in [5.41, 5.74) is 8.33. The van der Waals surface area contributed by atoms with E-state index >= 15 is 0 Å². The summed E-state index contributed by atoms with van der Waals surface area (Å²) in [7, 11) is 0. The van der Waals surface area contributed by atoms with E-state index in [0.29, 0.717) is 0 Å². The van der Waals surface area contributed by atoms with Gasteiger partial charge in [0.05, 0.1) is 5.69 Å². The zero-order valence-corrected chi connectivity index (χ0v) is 8.35. The molecule has 3 nitrogen and oxygen atoms in total. The third-order valence-electron chi connectivity index (χ3n) is 2.93. The van der Waals surface area contributed by atoms with Crippen molar-refractivity contribution >= 4 is 11.9 Å². The van der Waals surface area contributed by atoms with Crippen molar-refractivity contribution in [1.29, 1.82) is 0 Å². The number of allylic oxidation sites excluding steroid dienone is 1. The molecule has 0 radical (unpaired) electrons. The maximum Gasteiger partial charge on any atom is 0.303 e.